The molecule has 0 aromatic heterocycles. The van der Waals surface area contributed by atoms with Gasteiger partial charge in [0.25, 0.3) is 0 Å². The molecule has 0 aliphatic rings. The number of hydrogen-bond acceptors (Lipinski definition) is 3. The van der Waals surface area contributed by atoms with Gasteiger partial charge in [0.15, 0.2) is 0 Å². The second kappa shape index (κ2) is 7.10. The van der Waals surface area contributed by atoms with Crippen LogP contribution in [0.2, 0.25) is 0 Å². The lowest BCUT2D eigenvalue weighted by Crippen LogP contribution is -2.29. The fraction of sp³-hybridized carbons (Fsp3) is 0.889. The predicted molar refractivity (Wildman–Crippen MR) is 49.0 cm³/mol. The minimum Gasteiger partial charge on any atom is -0.466 e. The van der Waals surface area contributed by atoms with E-state index in [1.807, 2.05) is 13.8 Å². The number of hydrogen-bond donors (Lipinski definition) is 1. The monoisotopic (exact) mass is 173 g/mol. The van der Waals surface area contributed by atoms with Gasteiger partial charge in [-0.05, 0) is 26.8 Å². The minimum atomic E-state index is -0.117. The van der Waals surface area contributed by atoms with Gasteiger partial charge in [-0.15, -0.1) is 0 Å². The summed E-state index contributed by atoms with van der Waals surface area (Å²) in [4.78, 5) is 11.0. The molecular formula is C9H19NO2. The van der Waals surface area contributed by atoms with Gasteiger partial charge in [-0.3, -0.25) is 4.79 Å². The molecule has 12 heavy (non-hydrogen) atoms. The van der Waals surface area contributed by atoms with E-state index in [1.54, 1.807) is 0 Å². The van der Waals surface area contributed by atoms with Crippen LogP contribution < -0.4 is 5.32 Å². The van der Waals surface area contributed by atoms with E-state index in [0.717, 1.165) is 13.0 Å². The van der Waals surface area contributed by atoms with Gasteiger partial charge in [0, 0.05) is 6.04 Å². The molecule has 0 saturated carbocycles. The Balaban J connectivity index is 3.40. The standard InChI is InChI=1S/C9H19NO2/c1-4-6-10-8(3)7-9(11)12-5-2/h8,10H,4-7H2,1-3H3. The van der Waals surface area contributed by atoms with E-state index in [0.29, 0.717) is 13.0 Å². The molecule has 0 saturated heterocycles. The number of rotatable bonds is 6. The van der Waals surface area contributed by atoms with Gasteiger partial charge in [0.2, 0.25) is 0 Å². The van der Waals surface area contributed by atoms with Gasteiger partial charge in [0.1, 0.15) is 0 Å². The smallest absolute Gasteiger partial charge is 0.307 e. The lowest BCUT2D eigenvalue weighted by Gasteiger charge is -2.11. The Labute approximate surface area is 74.5 Å². The van der Waals surface area contributed by atoms with Crippen LogP contribution in [0.5, 0.6) is 0 Å². The van der Waals surface area contributed by atoms with Crippen molar-refractivity contribution in [2.45, 2.75) is 39.7 Å². The molecule has 0 aliphatic carbocycles. The van der Waals surface area contributed by atoms with Gasteiger partial charge in [0.05, 0.1) is 13.0 Å². The molecule has 3 nitrogen and oxygen atoms in total. The maximum Gasteiger partial charge on any atom is 0.307 e. The predicted octanol–water partition coefficient (Wildman–Crippen LogP) is 1.33. The molecule has 0 radical (unpaired) electrons. The number of nitrogens with one attached hydrogen (secondary N) is 1. The number of carbonyl (C=O) groups is 1. The molecule has 0 amide bonds. The second-order valence-electron chi connectivity index (χ2n) is 2.86. The van der Waals surface area contributed by atoms with Crippen molar-refractivity contribution in [1.29, 1.82) is 0 Å². The molecule has 0 aromatic carbocycles. The van der Waals surface area contributed by atoms with Crippen LogP contribution >= 0.6 is 0 Å². The Morgan fingerprint density at radius 1 is 1.50 bits per heavy atom. The highest BCUT2D eigenvalue weighted by molar-refractivity contribution is 5.69. The summed E-state index contributed by atoms with van der Waals surface area (Å²) in [5, 5.41) is 3.22. The van der Waals surface area contributed by atoms with Gasteiger partial charge in [-0.25, -0.2) is 0 Å². The Hall–Kier alpha value is -0.570. The summed E-state index contributed by atoms with van der Waals surface area (Å²) in [5.41, 5.74) is 0. The lowest BCUT2D eigenvalue weighted by atomic mass is 10.2. The summed E-state index contributed by atoms with van der Waals surface area (Å²) < 4.78 is 4.81. The van der Waals surface area contributed by atoms with Crippen molar-refractivity contribution in [2.24, 2.45) is 0 Å². The van der Waals surface area contributed by atoms with Gasteiger partial charge in [-0.2, -0.15) is 0 Å². The van der Waals surface area contributed by atoms with Crippen LogP contribution in [0, 0.1) is 0 Å². The highest BCUT2D eigenvalue weighted by Crippen LogP contribution is 1.93. The molecule has 0 aromatic rings. The molecule has 1 unspecified atom stereocenters. The molecule has 0 aliphatic heterocycles. The van der Waals surface area contributed by atoms with E-state index in [1.165, 1.54) is 0 Å². The summed E-state index contributed by atoms with van der Waals surface area (Å²) in [7, 11) is 0. The van der Waals surface area contributed by atoms with Crippen molar-refractivity contribution in [2.75, 3.05) is 13.2 Å². The average Bonchev–Trinajstić information content (AvgIpc) is 2.01. The molecule has 0 fully saturated rings. The Morgan fingerprint density at radius 3 is 2.67 bits per heavy atom. The first-order chi connectivity index (χ1) is 5.70. The molecule has 72 valence electrons. The van der Waals surface area contributed by atoms with Crippen molar-refractivity contribution in [1.82, 2.24) is 5.32 Å². The highest BCUT2D eigenvalue weighted by atomic mass is 16.5. The van der Waals surface area contributed by atoms with E-state index in [-0.39, 0.29) is 12.0 Å². The Bertz CT molecular complexity index is 126. The zero-order valence-corrected chi connectivity index (χ0v) is 8.22. The Kier molecular flexibility index (Phi) is 6.76. The van der Waals surface area contributed by atoms with E-state index in [9.17, 15) is 4.79 Å². The number of ether oxygens (including phenoxy) is 1. The summed E-state index contributed by atoms with van der Waals surface area (Å²) >= 11 is 0. The van der Waals surface area contributed by atoms with E-state index in [4.69, 9.17) is 4.74 Å². The maximum absolute atomic E-state index is 11.0. The zero-order chi connectivity index (χ0) is 9.40. The summed E-state index contributed by atoms with van der Waals surface area (Å²) in [6, 6.07) is 0.226. The first kappa shape index (κ1) is 11.4. The SMILES string of the molecule is CCCNC(C)CC(=O)OCC. The highest BCUT2D eigenvalue weighted by Gasteiger charge is 2.07. The zero-order valence-electron chi connectivity index (χ0n) is 8.22. The quantitative estimate of drug-likeness (QED) is 0.616. The minimum absolute atomic E-state index is 0.117. The van der Waals surface area contributed by atoms with Crippen LogP contribution in [0.1, 0.15) is 33.6 Å². The molecule has 1 atom stereocenters. The average molecular weight is 173 g/mol. The fourth-order valence-electron chi connectivity index (χ4n) is 0.933. The molecule has 0 spiro atoms. The van der Waals surface area contributed by atoms with E-state index < -0.39 is 0 Å². The van der Waals surface area contributed by atoms with Crippen LogP contribution in [0.15, 0.2) is 0 Å². The van der Waals surface area contributed by atoms with Crippen LogP contribution in [-0.2, 0) is 9.53 Å². The van der Waals surface area contributed by atoms with Crippen molar-refractivity contribution in [3.63, 3.8) is 0 Å². The van der Waals surface area contributed by atoms with Crippen molar-refractivity contribution < 1.29 is 9.53 Å². The number of esters is 1. The molecule has 1 N–H and O–H groups in total. The first-order valence-electron chi connectivity index (χ1n) is 4.59. The van der Waals surface area contributed by atoms with Crippen molar-refractivity contribution >= 4 is 5.97 Å². The maximum atomic E-state index is 11.0. The summed E-state index contributed by atoms with van der Waals surface area (Å²) in [5.74, 6) is -0.117. The third kappa shape index (κ3) is 6.16. The second-order valence-corrected chi connectivity index (χ2v) is 2.86. The van der Waals surface area contributed by atoms with Crippen molar-refractivity contribution in [3.8, 4) is 0 Å². The topological polar surface area (TPSA) is 38.3 Å². The van der Waals surface area contributed by atoms with Crippen LogP contribution in [0.4, 0.5) is 0 Å². The molecule has 0 heterocycles. The summed E-state index contributed by atoms with van der Waals surface area (Å²) in [6.07, 6.45) is 1.56. The third-order valence-electron chi connectivity index (χ3n) is 1.52. The lowest BCUT2D eigenvalue weighted by molar-refractivity contribution is -0.143. The molecule has 3 heteroatoms. The molecule has 0 rings (SSSR count). The van der Waals surface area contributed by atoms with E-state index >= 15 is 0 Å². The van der Waals surface area contributed by atoms with Gasteiger partial charge >= 0.3 is 5.97 Å². The van der Waals surface area contributed by atoms with Gasteiger partial charge in [-0.1, -0.05) is 6.92 Å². The molecule has 0 bridgehead atoms. The van der Waals surface area contributed by atoms with E-state index in [2.05, 4.69) is 12.2 Å². The summed E-state index contributed by atoms with van der Waals surface area (Å²) in [6.45, 7) is 7.35. The fourth-order valence-corrected chi connectivity index (χ4v) is 0.933. The van der Waals surface area contributed by atoms with Gasteiger partial charge < -0.3 is 10.1 Å². The van der Waals surface area contributed by atoms with Crippen LogP contribution in [0.25, 0.3) is 0 Å². The largest absolute Gasteiger partial charge is 0.466 e. The first-order valence-corrected chi connectivity index (χ1v) is 4.59. The third-order valence-corrected chi connectivity index (χ3v) is 1.52. The van der Waals surface area contributed by atoms with Crippen LogP contribution in [-0.4, -0.2) is 25.2 Å². The Morgan fingerprint density at radius 2 is 2.17 bits per heavy atom. The molecular weight excluding hydrogens is 154 g/mol. The van der Waals surface area contributed by atoms with Crippen molar-refractivity contribution in [3.05, 3.63) is 0 Å². The number of carbonyl (C=O) groups excluding carboxylic acids is 1. The normalized spacial score (nSPS) is 12.6. The van der Waals surface area contributed by atoms with Crippen LogP contribution in [0.3, 0.4) is 0 Å².